The fourth-order valence-corrected chi connectivity index (χ4v) is 2.86. The Labute approximate surface area is 90.1 Å². The van der Waals surface area contributed by atoms with Crippen LogP contribution < -0.4 is 0 Å². The van der Waals surface area contributed by atoms with Gasteiger partial charge in [-0.05, 0) is 12.8 Å². The van der Waals surface area contributed by atoms with E-state index in [2.05, 4.69) is 4.98 Å². The average molecular weight is 233 g/mol. The van der Waals surface area contributed by atoms with E-state index in [1.807, 2.05) is 0 Å². The molecule has 0 unspecified atom stereocenters. The van der Waals surface area contributed by atoms with Gasteiger partial charge in [0.15, 0.2) is 11.6 Å². The molecule has 1 aliphatic carbocycles. The predicted molar refractivity (Wildman–Crippen MR) is 52.2 cm³/mol. The summed E-state index contributed by atoms with van der Waals surface area (Å²) in [5.74, 6) is -3.23. The van der Waals surface area contributed by atoms with E-state index in [1.165, 1.54) is 11.8 Å². The maximum Gasteiger partial charge on any atom is 0.250 e. The molecule has 1 heterocycles. The largest absolute Gasteiger partial charge is 0.250 e. The summed E-state index contributed by atoms with van der Waals surface area (Å²) in [4.78, 5) is 3.28. The van der Waals surface area contributed by atoms with Crippen LogP contribution in [0.3, 0.4) is 0 Å². The fourth-order valence-electron chi connectivity index (χ4n) is 1.68. The topological polar surface area (TPSA) is 12.9 Å². The highest BCUT2D eigenvalue weighted by Gasteiger charge is 2.20. The zero-order valence-corrected chi connectivity index (χ0v) is 8.79. The van der Waals surface area contributed by atoms with Gasteiger partial charge in [-0.3, -0.25) is 0 Å². The summed E-state index contributed by atoms with van der Waals surface area (Å²) in [5, 5.41) is 0.262. The van der Waals surface area contributed by atoms with E-state index < -0.39 is 17.6 Å². The molecule has 0 amide bonds. The van der Waals surface area contributed by atoms with Crippen LogP contribution >= 0.6 is 11.8 Å². The minimum absolute atomic E-state index is 0.0270. The SMILES string of the molecule is Fc1cc(F)c(SC2CCCC2)nc1F. The van der Waals surface area contributed by atoms with Gasteiger partial charge in [0, 0.05) is 11.3 Å². The molecule has 0 atom stereocenters. The molecule has 0 bridgehead atoms. The van der Waals surface area contributed by atoms with E-state index in [-0.39, 0.29) is 10.3 Å². The Kier molecular flexibility index (Phi) is 3.19. The van der Waals surface area contributed by atoms with Crippen LogP contribution in [0.25, 0.3) is 0 Å². The maximum absolute atomic E-state index is 13.2. The van der Waals surface area contributed by atoms with Crippen molar-refractivity contribution in [3.8, 4) is 0 Å². The van der Waals surface area contributed by atoms with Crippen molar-refractivity contribution in [2.45, 2.75) is 36.0 Å². The van der Waals surface area contributed by atoms with Crippen molar-refractivity contribution in [2.24, 2.45) is 0 Å². The maximum atomic E-state index is 13.2. The third kappa shape index (κ3) is 2.45. The number of pyridine rings is 1. The van der Waals surface area contributed by atoms with Crippen LogP contribution in [0.5, 0.6) is 0 Å². The van der Waals surface area contributed by atoms with E-state index in [0.717, 1.165) is 25.7 Å². The van der Waals surface area contributed by atoms with Crippen molar-refractivity contribution in [2.75, 3.05) is 0 Å². The number of nitrogens with zero attached hydrogens (tertiary/aromatic N) is 1. The lowest BCUT2D eigenvalue weighted by molar-refractivity contribution is 0.448. The first-order valence-electron chi connectivity index (χ1n) is 4.85. The van der Waals surface area contributed by atoms with Crippen LogP contribution in [0.2, 0.25) is 0 Å². The standard InChI is InChI=1S/C10H10F3NS/c11-7-5-8(12)10(14-9(7)13)15-6-3-1-2-4-6/h5-6H,1-4H2. The Bertz CT molecular complexity index is 364. The lowest BCUT2D eigenvalue weighted by atomic mass is 10.4. The molecule has 1 fully saturated rings. The molecule has 2 rings (SSSR count). The van der Waals surface area contributed by atoms with Gasteiger partial charge >= 0.3 is 0 Å². The van der Waals surface area contributed by atoms with Crippen LogP contribution in [-0.2, 0) is 0 Å². The Hall–Kier alpha value is -0.710. The molecule has 5 heteroatoms. The zero-order chi connectivity index (χ0) is 10.8. The Morgan fingerprint density at radius 1 is 1.13 bits per heavy atom. The lowest BCUT2D eigenvalue weighted by Crippen LogP contribution is -2.00. The molecule has 1 nitrogen and oxygen atoms in total. The molecule has 1 saturated carbocycles. The normalized spacial score (nSPS) is 17.3. The monoisotopic (exact) mass is 233 g/mol. The summed E-state index contributed by atoms with van der Waals surface area (Å²) in [5.41, 5.74) is 0. The number of hydrogen-bond donors (Lipinski definition) is 0. The van der Waals surface area contributed by atoms with Gasteiger partial charge in [-0.25, -0.2) is 13.8 Å². The van der Waals surface area contributed by atoms with Crippen LogP contribution in [0, 0.1) is 17.6 Å². The van der Waals surface area contributed by atoms with Gasteiger partial charge in [-0.2, -0.15) is 4.39 Å². The van der Waals surface area contributed by atoms with Crippen molar-refractivity contribution >= 4 is 11.8 Å². The summed E-state index contributed by atoms with van der Waals surface area (Å²) in [6.07, 6.45) is 4.21. The highest BCUT2D eigenvalue weighted by atomic mass is 32.2. The molecule has 0 radical (unpaired) electrons. The van der Waals surface area contributed by atoms with E-state index in [9.17, 15) is 13.2 Å². The predicted octanol–water partition coefficient (Wildman–Crippen LogP) is 3.53. The molecule has 0 aromatic carbocycles. The number of rotatable bonds is 2. The smallest absolute Gasteiger partial charge is 0.208 e. The second kappa shape index (κ2) is 4.43. The van der Waals surface area contributed by atoms with Gasteiger partial charge in [-0.15, -0.1) is 0 Å². The molecule has 0 aliphatic heterocycles. The van der Waals surface area contributed by atoms with Crippen molar-refractivity contribution in [1.82, 2.24) is 4.98 Å². The highest BCUT2D eigenvalue weighted by Crippen LogP contribution is 2.35. The molecule has 0 spiro atoms. The first-order chi connectivity index (χ1) is 7.16. The molecule has 0 saturated heterocycles. The molecule has 82 valence electrons. The molecule has 1 aromatic rings. The van der Waals surface area contributed by atoms with Crippen LogP contribution in [0.4, 0.5) is 13.2 Å². The number of halogens is 3. The Morgan fingerprint density at radius 3 is 2.47 bits per heavy atom. The summed E-state index contributed by atoms with van der Waals surface area (Å²) in [6, 6.07) is 0.555. The summed E-state index contributed by atoms with van der Waals surface area (Å²) in [6.45, 7) is 0. The highest BCUT2D eigenvalue weighted by molar-refractivity contribution is 7.99. The fraction of sp³-hybridized carbons (Fsp3) is 0.500. The first-order valence-corrected chi connectivity index (χ1v) is 5.73. The van der Waals surface area contributed by atoms with Gasteiger partial charge in [0.2, 0.25) is 5.95 Å². The minimum atomic E-state index is -1.23. The number of aromatic nitrogens is 1. The molecular weight excluding hydrogens is 223 g/mol. The van der Waals surface area contributed by atoms with Crippen LogP contribution in [-0.4, -0.2) is 10.2 Å². The van der Waals surface area contributed by atoms with Crippen molar-refractivity contribution < 1.29 is 13.2 Å². The summed E-state index contributed by atoms with van der Waals surface area (Å²) < 4.78 is 38.5. The molecule has 1 aliphatic rings. The van der Waals surface area contributed by atoms with Crippen molar-refractivity contribution in [3.63, 3.8) is 0 Å². The third-order valence-corrected chi connectivity index (χ3v) is 3.75. The molecule has 0 N–H and O–H groups in total. The second-order valence-electron chi connectivity index (χ2n) is 3.57. The van der Waals surface area contributed by atoms with Crippen molar-refractivity contribution in [3.05, 3.63) is 23.6 Å². The second-order valence-corrected chi connectivity index (χ2v) is 4.86. The van der Waals surface area contributed by atoms with E-state index in [0.29, 0.717) is 6.07 Å². The summed E-state index contributed by atoms with van der Waals surface area (Å²) in [7, 11) is 0. The molecule has 1 aromatic heterocycles. The Morgan fingerprint density at radius 2 is 1.80 bits per heavy atom. The Balaban J connectivity index is 2.16. The van der Waals surface area contributed by atoms with Gasteiger partial charge in [-0.1, -0.05) is 24.6 Å². The van der Waals surface area contributed by atoms with Crippen LogP contribution in [0.15, 0.2) is 11.1 Å². The van der Waals surface area contributed by atoms with E-state index in [1.54, 1.807) is 0 Å². The van der Waals surface area contributed by atoms with E-state index >= 15 is 0 Å². The number of thioether (sulfide) groups is 1. The summed E-state index contributed by atoms with van der Waals surface area (Å²) >= 11 is 1.21. The van der Waals surface area contributed by atoms with Crippen LogP contribution in [0.1, 0.15) is 25.7 Å². The molecule has 15 heavy (non-hydrogen) atoms. The van der Waals surface area contributed by atoms with Gasteiger partial charge in [0.05, 0.1) is 0 Å². The minimum Gasteiger partial charge on any atom is -0.208 e. The lowest BCUT2D eigenvalue weighted by Gasteiger charge is -2.08. The van der Waals surface area contributed by atoms with Gasteiger partial charge < -0.3 is 0 Å². The van der Waals surface area contributed by atoms with Gasteiger partial charge in [0.25, 0.3) is 0 Å². The molecular formula is C10H10F3NS. The third-order valence-electron chi connectivity index (χ3n) is 2.44. The quantitative estimate of drug-likeness (QED) is 0.725. The number of hydrogen-bond acceptors (Lipinski definition) is 2. The zero-order valence-electron chi connectivity index (χ0n) is 7.97. The van der Waals surface area contributed by atoms with Crippen molar-refractivity contribution in [1.29, 1.82) is 0 Å². The van der Waals surface area contributed by atoms with E-state index in [4.69, 9.17) is 0 Å². The average Bonchev–Trinajstić information content (AvgIpc) is 2.67. The first kappa shape index (κ1) is 10.8. The van der Waals surface area contributed by atoms with Gasteiger partial charge in [0.1, 0.15) is 5.03 Å².